The monoisotopic (exact) mass is 307 g/mol. The SMILES string of the molecule is CC1(C)[C@@H]2CC[C@H](C2)[C@@H]1C[C@H]1OC[C@H](CN2CCCCC2)O1. The summed E-state index contributed by atoms with van der Waals surface area (Å²) in [5.74, 6) is 2.70. The highest BCUT2D eigenvalue weighted by Gasteiger charge is 2.53. The largest absolute Gasteiger partial charge is 0.350 e. The first-order chi connectivity index (χ1) is 10.6. The van der Waals surface area contributed by atoms with Crippen LogP contribution in [0.1, 0.15) is 58.8 Å². The quantitative estimate of drug-likeness (QED) is 0.791. The summed E-state index contributed by atoms with van der Waals surface area (Å²) in [4.78, 5) is 2.57. The molecule has 3 heteroatoms. The summed E-state index contributed by atoms with van der Waals surface area (Å²) in [6.45, 7) is 9.37. The predicted molar refractivity (Wildman–Crippen MR) is 87.6 cm³/mol. The molecule has 126 valence electrons. The van der Waals surface area contributed by atoms with Gasteiger partial charge in [-0.05, 0) is 68.4 Å². The van der Waals surface area contributed by atoms with Crippen molar-refractivity contribution in [3.05, 3.63) is 0 Å². The molecule has 0 aromatic heterocycles. The van der Waals surface area contributed by atoms with E-state index < -0.39 is 0 Å². The van der Waals surface area contributed by atoms with Crippen LogP contribution in [-0.4, -0.2) is 43.5 Å². The number of hydrogen-bond donors (Lipinski definition) is 0. The van der Waals surface area contributed by atoms with E-state index in [0.29, 0.717) is 11.5 Å². The van der Waals surface area contributed by atoms with Gasteiger partial charge in [0.05, 0.1) is 12.7 Å². The van der Waals surface area contributed by atoms with Gasteiger partial charge in [-0.1, -0.05) is 20.3 Å². The van der Waals surface area contributed by atoms with E-state index in [2.05, 4.69) is 18.7 Å². The number of piperidine rings is 1. The second kappa shape index (κ2) is 6.07. The zero-order valence-electron chi connectivity index (χ0n) is 14.4. The van der Waals surface area contributed by atoms with Gasteiger partial charge in [-0.2, -0.15) is 0 Å². The number of hydrogen-bond acceptors (Lipinski definition) is 3. The summed E-state index contributed by atoms with van der Waals surface area (Å²) >= 11 is 0. The van der Waals surface area contributed by atoms with Gasteiger partial charge in [0.2, 0.25) is 0 Å². The molecule has 4 fully saturated rings. The number of ether oxygens (including phenoxy) is 2. The molecule has 5 atom stereocenters. The van der Waals surface area contributed by atoms with Crippen molar-refractivity contribution in [3.8, 4) is 0 Å². The minimum Gasteiger partial charge on any atom is -0.350 e. The molecule has 2 saturated heterocycles. The second-order valence-corrected chi connectivity index (χ2v) is 8.82. The lowest BCUT2D eigenvalue weighted by molar-refractivity contribution is -0.0909. The average molecular weight is 307 g/mol. The van der Waals surface area contributed by atoms with Crippen LogP contribution in [-0.2, 0) is 9.47 Å². The molecule has 0 unspecified atom stereocenters. The molecule has 0 aromatic carbocycles. The van der Waals surface area contributed by atoms with Gasteiger partial charge in [-0.3, -0.25) is 0 Å². The van der Waals surface area contributed by atoms with Crippen LogP contribution in [0.5, 0.6) is 0 Å². The van der Waals surface area contributed by atoms with Crippen molar-refractivity contribution in [2.24, 2.45) is 23.2 Å². The molecule has 0 spiro atoms. The Morgan fingerprint density at radius 1 is 1.09 bits per heavy atom. The highest BCUT2D eigenvalue weighted by atomic mass is 16.7. The Balaban J connectivity index is 1.28. The van der Waals surface area contributed by atoms with Crippen molar-refractivity contribution in [1.82, 2.24) is 4.90 Å². The third-order valence-electron chi connectivity index (χ3n) is 7.22. The van der Waals surface area contributed by atoms with Gasteiger partial charge in [0.25, 0.3) is 0 Å². The zero-order valence-corrected chi connectivity index (χ0v) is 14.4. The molecule has 2 saturated carbocycles. The van der Waals surface area contributed by atoms with Gasteiger partial charge >= 0.3 is 0 Å². The first kappa shape index (κ1) is 15.4. The third-order valence-corrected chi connectivity index (χ3v) is 7.22. The molecule has 3 nitrogen and oxygen atoms in total. The predicted octanol–water partition coefficient (Wildman–Crippen LogP) is 3.68. The molecular weight excluding hydrogens is 274 g/mol. The van der Waals surface area contributed by atoms with Gasteiger partial charge < -0.3 is 14.4 Å². The lowest BCUT2D eigenvalue weighted by Crippen LogP contribution is -2.38. The summed E-state index contributed by atoms with van der Waals surface area (Å²) in [6, 6.07) is 0. The highest BCUT2D eigenvalue weighted by molar-refractivity contribution is 5.02. The van der Waals surface area contributed by atoms with Crippen LogP contribution >= 0.6 is 0 Å². The van der Waals surface area contributed by atoms with E-state index in [1.165, 1.54) is 51.6 Å². The summed E-state index contributed by atoms with van der Waals surface area (Å²) in [6.07, 6.45) is 9.99. The Hall–Kier alpha value is -0.120. The molecular formula is C19H33NO2. The first-order valence-electron chi connectivity index (χ1n) is 9.62. The maximum absolute atomic E-state index is 6.26. The van der Waals surface area contributed by atoms with Crippen molar-refractivity contribution < 1.29 is 9.47 Å². The van der Waals surface area contributed by atoms with E-state index in [1.807, 2.05) is 0 Å². The van der Waals surface area contributed by atoms with Crippen molar-refractivity contribution in [2.75, 3.05) is 26.2 Å². The van der Waals surface area contributed by atoms with Gasteiger partial charge in [-0.25, -0.2) is 0 Å². The van der Waals surface area contributed by atoms with Crippen LogP contribution in [0.2, 0.25) is 0 Å². The van der Waals surface area contributed by atoms with E-state index >= 15 is 0 Å². The highest BCUT2D eigenvalue weighted by Crippen LogP contribution is 2.60. The minimum atomic E-state index is 0.0680. The fourth-order valence-corrected chi connectivity index (χ4v) is 5.83. The number of likely N-dealkylation sites (tertiary alicyclic amines) is 1. The molecule has 2 aliphatic heterocycles. The Morgan fingerprint density at radius 2 is 1.91 bits per heavy atom. The standard InChI is InChI=1S/C19H33NO2/c1-19(2)15-7-6-14(10-15)17(19)11-18-21-13-16(22-18)12-20-8-4-3-5-9-20/h14-18H,3-13H2,1-2H3/t14-,15-,16+,17+,18+/m1/s1. The van der Waals surface area contributed by atoms with E-state index in [1.54, 1.807) is 0 Å². The lowest BCUT2D eigenvalue weighted by atomic mass is 9.67. The van der Waals surface area contributed by atoms with Crippen LogP contribution in [0.4, 0.5) is 0 Å². The first-order valence-corrected chi connectivity index (χ1v) is 9.62. The summed E-state index contributed by atoms with van der Waals surface area (Å²) in [5, 5.41) is 0. The second-order valence-electron chi connectivity index (χ2n) is 8.82. The Bertz CT molecular complexity index is 391. The van der Waals surface area contributed by atoms with Crippen LogP contribution in [0.25, 0.3) is 0 Å². The zero-order chi connectivity index (χ0) is 15.2. The molecule has 0 amide bonds. The van der Waals surface area contributed by atoms with Gasteiger partial charge in [0.1, 0.15) is 0 Å². The number of rotatable bonds is 4. The van der Waals surface area contributed by atoms with E-state index in [-0.39, 0.29) is 6.29 Å². The fourth-order valence-electron chi connectivity index (χ4n) is 5.83. The lowest BCUT2D eigenvalue weighted by Gasteiger charge is -2.39. The molecule has 4 rings (SSSR count). The maximum atomic E-state index is 6.26. The molecule has 0 radical (unpaired) electrons. The van der Waals surface area contributed by atoms with Crippen LogP contribution < -0.4 is 0 Å². The fraction of sp³-hybridized carbons (Fsp3) is 1.00. The minimum absolute atomic E-state index is 0.0680. The molecule has 2 aliphatic carbocycles. The molecule has 22 heavy (non-hydrogen) atoms. The number of nitrogens with zero attached hydrogens (tertiary/aromatic N) is 1. The summed E-state index contributed by atoms with van der Waals surface area (Å²) in [5.41, 5.74) is 0.501. The molecule has 2 heterocycles. The van der Waals surface area contributed by atoms with E-state index in [0.717, 1.165) is 37.3 Å². The average Bonchev–Trinajstić information content (AvgIpc) is 3.19. The van der Waals surface area contributed by atoms with E-state index in [4.69, 9.17) is 9.47 Å². The molecule has 0 aromatic rings. The van der Waals surface area contributed by atoms with Gasteiger partial charge in [0.15, 0.2) is 6.29 Å². The summed E-state index contributed by atoms with van der Waals surface area (Å²) in [7, 11) is 0. The van der Waals surface area contributed by atoms with Crippen LogP contribution in [0, 0.1) is 23.2 Å². The number of fused-ring (bicyclic) bond motifs is 2. The van der Waals surface area contributed by atoms with Gasteiger partial charge in [0, 0.05) is 13.0 Å². The van der Waals surface area contributed by atoms with Crippen molar-refractivity contribution in [1.29, 1.82) is 0 Å². The normalized spacial score (nSPS) is 44.7. The molecule has 0 N–H and O–H groups in total. The topological polar surface area (TPSA) is 21.7 Å². The van der Waals surface area contributed by atoms with Gasteiger partial charge in [-0.15, -0.1) is 0 Å². The Labute approximate surface area is 135 Å². The van der Waals surface area contributed by atoms with Crippen molar-refractivity contribution >= 4 is 0 Å². The molecule has 2 bridgehead atoms. The van der Waals surface area contributed by atoms with Crippen molar-refractivity contribution in [2.45, 2.75) is 71.2 Å². The smallest absolute Gasteiger partial charge is 0.158 e. The summed E-state index contributed by atoms with van der Waals surface area (Å²) < 4.78 is 12.3. The van der Waals surface area contributed by atoms with Crippen molar-refractivity contribution in [3.63, 3.8) is 0 Å². The van der Waals surface area contributed by atoms with Crippen LogP contribution in [0.15, 0.2) is 0 Å². The molecule has 4 aliphatic rings. The Morgan fingerprint density at radius 3 is 2.64 bits per heavy atom. The van der Waals surface area contributed by atoms with E-state index in [9.17, 15) is 0 Å². The van der Waals surface area contributed by atoms with Crippen LogP contribution in [0.3, 0.4) is 0 Å². The Kier molecular flexibility index (Phi) is 4.25. The maximum Gasteiger partial charge on any atom is 0.158 e. The third kappa shape index (κ3) is 2.85.